The van der Waals surface area contributed by atoms with Crippen molar-refractivity contribution in [1.29, 1.82) is 0 Å². The molecule has 1 aliphatic rings. The van der Waals surface area contributed by atoms with Crippen molar-refractivity contribution < 1.29 is 0 Å². The van der Waals surface area contributed by atoms with Gasteiger partial charge in [-0.05, 0) is 45.6 Å². The van der Waals surface area contributed by atoms with Crippen LogP contribution in [0.25, 0.3) is 0 Å². The minimum Gasteiger partial charge on any atom is -0.310 e. The van der Waals surface area contributed by atoms with Gasteiger partial charge in [0.05, 0.1) is 0 Å². The molecular formula is C17H29BrN2S. The quantitative estimate of drug-likeness (QED) is 0.808. The van der Waals surface area contributed by atoms with Crippen molar-refractivity contribution in [2.45, 2.75) is 65.6 Å². The molecule has 21 heavy (non-hydrogen) atoms. The van der Waals surface area contributed by atoms with Gasteiger partial charge in [0.2, 0.25) is 0 Å². The summed E-state index contributed by atoms with van der Waals surface area (Å²) in [5.74, 6) is 0. The summed E-state index contributed by atoms with van der Waals surface area (Å²) in [5.41, 5.74) is 0.601. The molecule has 1 aromatic rings. The molecule has 2 rings (SSSR count). The first-order chi connectivity index (χ1) is 9.82. The van der Waals surface area contributed by atoms with Gasteiger partial charge in [-0.3, -0.25) is 4.90 Å². The van der Waals surface area contributed by atoms with E-state index in [0.717, 1.165) is 19.6 Å². The fraction of sp³-hybridized carbons (Fsp3) is 0.765. The fourth-order valence-electron chi connectivity index (χ4n) is 3.27. The van der Waals surface area contributed by atoms with E-state index in [1.165, 1.54) is 22.2 Å². The lowest BCUT2D eigenvalue weighted by atomic mass is 9.80. The van der Waals surface area contributed by atoms with Crippen molar-refractivity contribution in [2.24, 2.45) is 5.41 Å². The molecule has 0 bridgehead atoms. The summed E-state index contributed by atoms with van der Waals surface area (Å²) in [6, 6.07) is 2.73. The minimum absolute atomic E-state index is 0.297. The summed E-state index contributed by atoms with van der Waals surface area (Å²) in [7, 11) is 0. The van der Waals surface area contributed by atoms with Gasteiger partial charge >= 0.3 is 0 Å². The molecule has 1 aromatic heterocycles. The van der Waals surface area contributed by atoms with Crippen LogP contribution < -0.4 is 5.32 Å². The van der Waals surface area contributed by atoms with Crippen LogP contribution in [0.5, 0.6) is 0 Å². The molecule has 0 radical (unpaired) electrons. The van der Waals surface area contributed by atoms with E-state index >= 15 is 0 Å². The second-order valence-corrected chi connectivity index (χ2v) is 9.16. The third-order valence-corrected chi connectivity index (χ3v) is 7.05. The Balaban J connectivity index is 2.23. The van der Waals surface area contributed by atoms with Crippen LogP contribution in [-0.4, -0.2) is 29.6 Å². The van der Waals surface area contributed by atoms with Gasteiger partial charge in [-0.15, -0.1) is 11.3 Å². The molecule has 1 fully saturated rings. The number of thiophene rings is 1. The van der Waals surface area contributed by atoms with Crippen molar-refractivity contribution >= 4 is 27.3 Å². The summed E-state index contributed by atoms with van der Waals surface area (Å²) in [5, 5.41) is 6.01. The Hall–Kier alpha value is 0.100. The van der Waals surface area contributed by atoms with Crippen molar-refractivity contribution in [2.75, 3.05) is 13.1 Å². The summed E-state index contributed by atoms with van der Waals surface area (Å²) in [6.07, 6.45) is 2.41. The molecule has 120 valence electrons. The molecule has 4 heteroatoms. The SMILES string of the molecule is CCC1(CC)CNC(C(C)(C)C)CN1Cc1sccc1Br. The minimum atomic E-state index is 0.297. The first-order valence-electron chi connectivity index (χ1n) is 8.02. The Kier molecular flexibility index (Phi) is 5.56. The normalized spacial score (nSPS) is 23.4. The van der Waals surface area contributed by atoms with Gasteiger partial charge in [0, 0.05) is 40.6 Å². The standard InChI is InChI=1S/C17H29BrN2S/c1-6-17(7-2)12-19-15(16(3,4)5)11-20(17)10-14-13(18)8-9-21-14/h8-9,15,19H,6-7,10-12H2,1-5H3. The van der Waals surface area contributed by atoms with Crippen LogP contribution in [0.3, 0.4) is 0 Å². The van der Waals surface area contributed by atoms with Crippen molar-refractivity contribution in [3.05, 3.63) is 20.8 Å². The van der Waals surface area contributed by atoms with Crippen LogP contribution in [0.4, 0.5) is 0 Å². The van der Waals surface area contributed by atoms with Crippen LogP contribution in [0.1, 0.15) is 52.3 Å². The average Bonchev–Trinajstić information content (AvgIpc) is 2.83. The van der Waals surface area contributed by atoms with Crippen LogP contribution >= 0.6 is 27.3 Å². The lowest BCUT2D eigenvalue weighted by molar-refractivity contribution is 0.00204. The average molecular weight is 373 g/mol. The molecule has 0 aliphatic carbocycles. The second kappa shape index (κ2) is 6.69. The molecule has 1 unspecified atom stereocenters. The van der Waals surface area contributed by atoms with E-state index in [9.17, 15) is 0 Å². The second-order valence-electron chi connectivity index (χ2n) is 7.30. The molecule has 2 heterocycles. The predicted octanol–water partition coefficient (Wildman–Crippen LogP) is 4.89. The molecule has 1 saturated heterocycles. The Morgan fingerprint density at radius 1 is 1.38 bits per heavy atom. The highest BCUT2D eigenvalue weighted by molar-refractivity contribution is 9.10. The molecule has 0 spiro atoms. The Morgan fingerprint density at radius 3 is 2.52 bits per heavy atom. The molecule has 0 aromatic carbocycles. The lowest BCUT2D eigenvalue weighted by Crippen LogP contribution is -2.66. The molecule has 1 N–H and O–H groups in total. The van der Waals surface area contributed by atoms with Crippen LogP contribution in [0, 0.1) is 5.41 Å². The van der Waals surface area contributed by atoms with Crippen molar-refractivity contribution in [1.82, 2.24) is 10.2 Å². The Bertz CT molecular complexity index is 460. The lowest BCUT2D eigenvalue weighted by Gasteiger charge is -2.52. The maximum atomic E-state index is 3.83. The molecule has 0 amide bonds. The third-order valence-electron chi connectivity index (χ3n) is 5.14. The topological polar surface area (TPSA) is 15.3 Å². The van der Waals surface area contributed by atoms with Crippen molar-refractivity contribution in [3.63, 3.8) is 0 Å². The summed E-state index contributed by atoms with van der Waals surface area (Å²) >= 11 is 5.56. The third kappa shape index (κ3) is 3.72. The summed E-state index contributed by atoms with van der Waals surface area (Å²) in [6.45, 7) is 15.0. The first-order valence-corrected chi connectivity index (χ1v) is 9.70. The summed E-state index contributed by atoms with van der Waals surface area (Å²) < 4.78 is 1.26. The van der Waals surface area contributed by atoms with Gasteiger partial charge in [-0.1, -0.05) is 34.6 Å². The van der Waals surface area contributed by atoms with Crippen LogP contribution in [0.15, 0.2) is 15.9 Å². The largest absolute Gasteiger partial charge is 0.310 e. The zero-order chi connectivity index (χ0) is 15.7. The van der Waals surface area contributed by atoms with Crippen LogP contribution in [-0.2, 0) is 6.54 Å². The molecule has 2 nitrogen and oxygen atoms in total. The van der Waals surface area contributed by atoms with E-state index in [2.05, 4.69) is 72.2 Å². The number of halogens is 1. The fourth-order valence-corrected chi connectivity index (χ4v) is 4.77. The smallest absolute Gasteiger partial charge is 0.0346 e. The monoisotopic (exact) mass is 372 g/mol. The molecule has 1 atom stereocenters. The van der Waals surface area contributed by atoms with E-state index < -0.39 is 0 Å². The first kappa shape index (κ1) is 17.5. The number of hydrogen-bond donors (Lipinski definition) is 1. The van der Waals surface area contributed by atoms with Gasteiger partial charge in [0.25, 0.3) is 0 Å². The van der Waals surface area contributed by atoms with E-state index in [-0.39, 0.29) is 0 Å². The number of nitrogens with one attached hydrogen (secondary N) is 1. The maximum absolute atomic E-state index is 3.83. The number of piperazine rings is 1. The van der Waals surface area contributed by atoms with Crippen molar-refractivity contribution in [3.8, 4) is 0 Å². The van der Waals surface area contributed by atoms with E-state index in [0.29, 0.717) is 17.0 Å². The predicted molar refractivity (Wildman–Crippen MR) is 97.0 cm³/mol. The molecule has 1 aliphatic heterocycles. The van der Waals surface area contributed by atoms with E-state index in [1.54, 1.807) is 0 Å². The number of rotatable bonds is 4. The summed E-state index contributed by atoms with van der Waals surface area (Å²) in [4.78, 5) is 4.19. The van der Waals surface area contributed by atoms with E-state index in [1.807, 2.05) is 11.3 Å². The maximum Gasteiger partial charge on any atom is 0.0346 e. The van der Waals surface area contributed by atoms with Gasteiger partial charge in [0.15, 0.2) is 0 Å². The van der Waals surface area contributed by atoms with E-state index in [4.69, 9.17) is 0 Å². The molecule has 0 saturated carbocycles. The van der Waals surface area contributed by atoms with Gasteiger partial charge in [0.1, 0.15) is 0 Å². The number of nitrogens with zero attached hydrogens (tertiary/aromatic N) is 1. The van der Waals surface area contributed by atoms with Gasteiger partial charge in [-0.25, -0.2) is 0 Å². The molecular weight excluding hydrogens is 344 g/mol. The highest BCUT2D eigenvalue weighted by atomic mass is 79.9. The highest BCUT2D eigenvalue weighted by Crippen LogP contribution is 2.35. The van der Waals surface area contributed by atoms with Gasteiger partial charge in [-0.2, -0.15) is 0 Å². The van der Waals surface area contributed by atoms with Crippen LogP contribution in [0.2, 0.25) is 0 Å². The highest BCUT2D eigenvalue weighted by Gasteiger charge is 2.42. The Labute approximate surface area is 142 Å². The number of hydrogen-bond acceptors (Lipinski definition) is 3. The zero-order valence-corrected chi connectivity index (χ0v) is 16.4. The Morgan fingerprint density at radius 2 is 2.05 bits per heavy atom. The zero-order valence-electron chi connectivity index (χ0n) is 14.0. The van der Waals surface area contributed by atoms with Gasteiger partial charge < -0.3 is 5.32 Å².